The second kappa shape index (κ2) is 7.00. The summed E-state index contributed by atoms with van der Waals surface area (Å²) in [5.41, 5.74) is 0.0156. The number of carbonyl (C=O) groups excluding carboxylic acids is 1. The molecule has 112 valence electrons. The van der Waals surface area contributed by atoms with Crippen LogP contribution in [0.5, 0.6) is 0 Å². The minimum atomic E-state index is -4.09. The van der Waals surface area contributed by atoms with Gasteiger partial charge >= 0.3 is 5.97 Å². The number of nitrogens with one attached hydrogen (secondary N) is 1. The van der Waals surface area contributed by atoms with E-state index in [0.29, 0.717) is 0 Å². The zero-order valence-electron chi connectivity index (χ0n) is 10.5. The molecule has 0 amide bonds. The van der Waals surface area contributed by atoms with Gasteiger partial charge in [0.25, 0.3) is 0 Å². The summed E-state index contributed by atoms with van der Waals surface area (Å²) in [5, 5.41) is 17.7. The van der Waals surface area contributed by atoms with Crippen molar-refractivity contribution in [3.63, 3.8) is 0 Å². The second-order valence-electron chi connectivity index (χ2n) is 3.82. The molecular weight excluding hydrogens is 310 g/mol. The Morgan fingerprint density at radius 1 is 1.40 bits per heavy atom. The molecule has 3 N–H and O–H groups in total. The Morgan fingerprint density at radius 3 is 2.50 bits per heavy atom. The highest BCUT2D eigenvalue weighted by Gasteiger charge is 2.23. The minimum Gasteiger partial charge on any atom is -0.465 e. The van der Waals surface area contributed by atoms with Crippen molar-refractivity contribution in [3.05, 3.63) is 28.8 Å². The molecule has 0 aliphatic heterocycles. The summed E-state index contributed by atoms with van der Waals surface area (Å²) in [4.78, 5) is 11.0. The van der Waals surface area contributed by atoms with Crippen LogP contribution < -0.4 is 4.72 Å². The van der Waals surface area contributed by atoms with Gasteiger partial charge < -0.3 is 14.9 Å². The highest BCUT2D eigenvalue weighted by Crippen LogP contribution is 2.23. The molecule has 0 radical (unpaired) electrons. The molecule has 1 aromatic carbocycles. The maximum atomic E-state index is 12.1. The van der Waals surface area contributed by atoms with E-state index in [1.807, 2.05) is 0 Å². The highest BCUT2D eigenvalue weighted by atomic mass is 35.5. The fourth-order valence-corrected chi connectivity index (χ4v) is 3.11. The van der Waals surface area contributed by atoms with Crippen LogP contribution in [0.2, 0.25) is 5.02 Å². The lowest BCUT2D eigenvalue weighted by Gasteiger charge is -2.15. The van der Waals surface area contributed by atoms with E-state index in [1.165, 1.54) is 12.1 Å². The average Bonchev–Trinajstić information content (AvgIpc) is 2.44. The van der Waals surface area contributed by atoms with E-state index in [2.05, 4.69) is 9.46 Å². The Balaban J connectivity index is 3.20. The number of benzene rings is 1. The molecule has 0 saturated carbocycles. The van der Waals surface area contributed by atoms with Crippen LogP contribution in [0.3, 0.4) is 0 Å². The largest absolute Gasteiger partial charge is 0.465 e. The molecule has 20 heavy (non-hydrogen) atoms. The van der Waals surface area contributed by atoms with Crippen molar-refractivity contribution in [2.24, 2.45) is 0 Å². The van der Waals surface area contributed by atoms with E-state index >= 15 is 0 Å². The molecule has 0 saturated heterocycles. The Morgan fingerprint density at radius 2 is 2.00 bits per heavy atom. The molecule has 7 nitrogen and oxygen atoms in total. The minimum absolute atomic E-state index is 0.0156. The standard InChI is InChI=1S/C11H14ClNO6S/c1-19-11(16)7-2-3-9(12)10(4-7)20(17,18)13-8(5-14)6-15/h2-4,8,13-15H,5-6H2,1H3. The SMILES string of the molecule is COC(=O)c1ccc(Cl)c(S(=O)(=O)NC(CO)CO)c1. The number of carbonyl (C=O) groups is 1. The predicted molar refractivity (Wildman–Crippen MR) is 71.1 cm³/mol. The highest BCUT2D eigenvalue weighted by molar-refractivity contribution is 7.89. The third kappa shape index (κ3) is 3.90. The van der Waals surface area contributed by atoms with Crippen LogP contribution in [0.25, 0.3) is 0 Å². The van der Waals surface area contributed by atoms with Crippen molar-refractivity contribution in [2.75, 3.05) is 20.3 Å². The maximum absolute atomic E-state index is 12.1. The van der Waals surface area contributed by atoms with Crippen molar-refractivity contribution in [1.82, 2.24) is 4.72 Å². The Bertz CT molecular complexity index is 585. The van der Waals surface area contributed by atoms with Crippen LogP contribution in [0.4, 0.5) is 0 Å². The third-order valence-electron chi connectivity index (χ3n) is 2.40. The summed E-state index contributed by atoms with van der Waals surface area (Å²) in [6.45, 7) is -1.16. The number of aliphatic hydroxyl groups is 2. The smallest absolute Gasteiger partial charge is 0.337 e. The Kier molecular flexibility index (Phi) is 5.90. The van der Waals surface area contributed by atoms with Gasteiger partial charge in [-0.15, -0.1) is 0 Å². The van der Waals surface area contributed by atoms with Crippen molar-refractivity contribution in [3.8, 4) is 0 Å². The molecule has 0 aliphatic rings. The number of halogens is 1. The van der Waals surface area contributed by atoms with Gasteiger partial charge in [-0.05, 0) is 18.2 Å². The first-order valence-electron chi connectivity index (χ1n) is 5.47. The maximum Gasteiger partial charge on any atom is 0.337 e. The summed E-state index contributed by atoms with van der Waals surface area (Å²) >= 11 is 5.80. The van der Waals surface area contributed by atoms with E-state index in [-0.39, 0.29) is 15.5 Å². The first-order valence-corrected chi connectivity index (χ1v) is 7.33. The summed E-state index contributed by atoms with van der Waals surface area (Å²) in [7, 11) is -2.92. The molecule has 0 fully saturated rings. The quantitative estimate of drug-likeness (QED) is 0.623. The Hall–Kier alpha value is -1.19. The number of aliphatic hydroxyl groups excluding tert-OH is 2. The van der Waals surface area contributed by atoms with Crippen LogP contribution >= 0.6 is 11.6 Å². The number of sulfonamides is 1. The van der Waals surface area contributed by atoms with Crippen molar-refractivity contribution in [2.45, 2.75) is 10.9 Å². The monoisotopic (exact) mass is 323 g/mol. The molecule has 0 spiro atoms. The van der Waals surface area contributed by atoms with E-state index in [1.54, 1.807) is 0 Å². The molecule has 0 aromatic heterocycles. The van der Waals surface area contributed by atoms with Gasteiger partial charge in [0.1, 0.15) is 4.90 Å². The lowest BCUT2D eigenvalue weighted by Crippen LogP contribution is -2.40. The molecule has 9 heteroatoms. The fourth-order valence-electron chi connectivity index (χ4n) is 1.37. The summed E-state index contributed by atoms with van der Waals surface area (Å²) in [6.07, 6.45) is 0. The number of methoxy groups -OCH3 is 1. The number of hydrogen-bond acceptors (Lipinski definition) is 6. The van der Waals surface area contributed by atoms with Crippen LogP contribution in [0.15, 0.2) is 23.1 Å². The lowest BCUT2D eigenvalue weighted by molar-refractivity contribution is 0.0600. The molecule has 1 rings (SSSR count). The van der Waals surface area contributed by atoms with E-state index in [4.69, 9.17) is 21.8 Å². The van der Waals surface area contributed by atoms with Crippen LogP contribution in [0.1, 0.15) is 10.4 Å². The second-order valence-corrected chi connectivity index (χ2v) is 5.91. The molecule has 0 heterocycles. The van der Waals surface area contributed by atoms with Crippen LogP contribution in [-0.2, 0) is 14.8 Å². The molecule has 0 aliphatic carbocycles. The number of hydrogen-bond donors (Lipinski definition) is 3. The van der Waals surface area contributed by atoms with Crippen LogP contribution in [-0.4, -0.2) is 51.0 Å². The lowest BCUT2D eigenvalue weighted by atomic mass is 10.2. The first-order chi connectivity index (χ1) is 9.35. The summed E-state index contributed by atoms with van der Waals surface area (Å²) in [6, 6.07) is 2.57. The molecule has 0 bridgehead atoms. The van der Waals surface area contributed by atoms with Gasteiger partial charge in [0.05, 0.1) is 37.0 Å². The average molecular weight is 324 g/mol. The van der Waals surface area contributed by atoms with Crippen molar-refractivity contribution in [1.29, 1.82) is 0 Å². The van der Waals surface area contributed by atoms with Gasteiger partial charge in [-0.25, -0.2) is 17.9 Å². The summed E-state index contributed by atoms with van der Waals surface area (Å²) in [5.74, 6) is -0.709. The van der Waals surface area contributed by atoms with Gasteiger partial charge in [0, 0.05) is 0 Å². The van der Waals surface area contributed by atoms with Crippen molar-refractivity contribution < 1.29 is 28.2 Å². The molecule has 1 aromatic rings. The van der Waals surface area contributed by atoms with Crippen molar-refractivity contribution >= 4 is 27.6 Å². The number of esters is 1. The van der Waals surface area contributed by atoms with Gasteiger partial charge in [0.15, 0.2) is 0 Å². The van der Waals surface area contributed by atoms with Gasteiger partial charge in [-0.3, -0.25) is 0 Å². The zero-order valence-corrected chi connectivity index (χ0v) is 12.1. The van der Waals surface area contributed by atoms with E-state index in [9.17, 15) is 13.2 Å². The fraction of sp³-hybridized carbons (Fsp3) is 0.364. The van der Waals surface area contributed by atoms with Crippen LogP contribution in [0, 0.1) is 0 Å². The molecule has 0 unspecified atom stereocenters. The predicted octanol–water partition coefficient (Wildman–Crippen LogP) is -0.242. The molecular formula is C11H14ClNO6S. The molecule has 0 atom stereocenters. The summed E-state index contributed by atoms with van der Waals surface area (Å²) < 4.78 is 30.7. The van der Waals surface area contributed by atoms with Gasteiger partial charge in [-0.2, -0.15) is 0 Å². The normalized spacial score (nSPS) is 11.7. The van der Waals surface area contributed by atoms with Gasteiger partial charge in [-0.1, -0.05) is 11.6 Å². The van der Waals surface area contributed by atoms with E-state index in [0.717, 1.165) is 13.2 Å². The zero-order chi connectivity index (χ0) is 15.3. The Labute approximate surface area is 121 Å². The third-order valence-corrected chi connectivity index (χ3v) is 4.41. The topological polar surface area (TPSA) is 113 Å². The first kappa shape index (κ1) is 16.9. The van der Waals surface area contributed by atoms with E-state index < -0.39 is 35.2 Å². The number of rotatable bonds is 6. The number of ether oxygens (including phenoxy) is 1. The van der Waals surface area contributed by atoms with Gasteiger partial charge in [0.2, 0.25) is 10.0 Å².